The molecule has 2 rings (SSSR count). The minimum absolute atomic E-state index is 0.0134. The van der Waals surface area contributed by atoms with Crippen LogP contribution in [0.5, 0.6) is 0 Å². The Balaban J connectivity index is 2.14. The van der Waals surface area contributed by atoms with E-state index in [1.54, 1.807) is 6.92 Å². The highest BCUT2D eigenvalue weighted by molar-refractivity contribution is 7.91. The van der Waals surface area contributed by atoms with Crippen molar-refractivity contribution in [1.82, 2.24) is 5.32 Å². The normalized spacial score (nSPS) is 11.7. The Morgan fingerprint density at radius 3 is 1.81 bits per heavy atom. The van der Waals surface area contributed by atoms with Gasteiger partial charge in [-0.2, -0.15) is 0 Å². The fourth-order valence-corrected chi connectivity index (χ4v) is 2.94. The van der Waals surface area contributed by atoms with Crippen molar-refractivity contribution in [1.29, 1.82) is 0 Å². The Hall–Kier alpha value is -1.65. The van der Waals surface area contributed by atoms with Crippen LogP contribution in [0.2, 0.25) is 0 Å². The molecular formula is C17H21NO2S. The second-order valence-electron chi connectivity index (χ2n) is 4.94. The van der Waals surface area contributed by atoms with Gasteiger partial charge in [-0.05, 0) is 11.1 Å². The average Bonchev–Trinajstić information content (AvgIpc) is 2.53. The molecule has 4 heteroatoms. The van der Waals surface area contributed by atoms with Gasteiger partial charge in [0, 0.05) is 12.3 Å². The van der Waals surface area contributed by atoms with Crippen molar-refractivity contribution >= 4 is 9.84 Å². The summed E-state index contributed by atoms with van der Waals surface area (Å²) in [5, 5.41) is 3.36. The molecule has 0 unspecified atom stereocenters. The summed E-state index contributed by atoms with van der Waals surface area (Å²) >= 11 is 0. The van der Waals surface area contributed by atoms with Gasteiger partial charge in [0.1, 0.15) is 0 Å². The fourth-order valence-electron chi connectivity index (χ4n) is 2.22. The largest absolute Gasteiger partial charge is 0.305 e. The fraction of sp³-hybridized carbons (Fsp3) is 0.294. The molecule has 0 aliphatic carbocycles. The summed E-state index contributed by atoms with van der Waals surface area (Å²) in [6, 6.07) is 20.2. The van der Waals surface area contributed by atoms with E-state index in [2.05, 4.69) is 29.6 Å². The van der Waals surface area contributed by atoms with Gasteiger partial charge in [-0.15, -0.1) is 0 Å². The Labute approximate surface area is 126 Å². The number of nitrogens with one attached hydrogen (secondary N) is 1. The summed E-state index contributed by atoms with van der Waals surface area (Å²) in [6.07, 6.45) is 0. The van der Waals surface area contributed by atoms with Crippen molar-refractivity contribution < 1.29 is 8.42 Å². The second-order valence-corrected chi connectivity index (χ2v) is 7.42. The lowest BCUT2D eigenvalue weighted by molar-refractivity contribution is 0.583. The van der Waals surface area contributed by atoms with Crippen LogP contribution < -0.4 is 5.32 Å². The Kier molecular flexibility index (Phi) is 5.53. The van der Waals surface area contributed by atoms with Gasteiger partial charge in [0.15, 0.2) is 9.84 Å². The lowest BCUT2D eigenvalue weighted by Crippen LogP contribution is -2.28. The predicted octanol–water partition coefficient (Wildman–Crippen LogP) is 2.80. The minimum Gasteiger partial charge on any atom is -0.305 e. The smallest absolute Gasteiger partial charge is 0.151 e. The molecule has 0 fully saturated rings. The van der Waals surface area contributed by atoms with Crippen LogP contribution in [0.4, 0.5) is 0 Å². The zero-order valence-electron chi connectivity index (χ0n) is 12.2. The summed E-state index contributed by atoms with van der Waals surface area (Å²) in [7, 11) is -2.94. The molecule has 0 radical (unpaired) electrons. The molecule has 0 heterocycles. The number of benzene rings is 2. The Morgan fingerprint density at radius 2 is 1.38 bits per heavy atom. The maximum Gasteiger partial charge on any atom is 0.151 e. The summed E-state index contributed by atoms with van der Waals surface area (Å²) in [6.45, 7) is 2.13. The highest BCUT2D eigenvalue weighted by Crippen LogP contribution is 2.21. The summed E-state index contributed by atoms with van der Waals surface area (Å²) in [4.78, 5) is 0. The van der Waals surface area contributed by atoms with Crippen LogP contribution in [-0.2, 0) is 9.84 Å². The molecule has 0 aliphatic rings. The van der Waals surface area contributed by atoms with Crippen molar-refractivity contribution in [3.05, 3.63) is 71.8 Å². The molecule has 2 aromatic rings. The number of sulfone groups is 1. The number of hydrogen-bond acceptors (Lipinski definition) is 3. The molecule has 0 aromatic heterocycles. The lowest BCUT2D eigenvalue weighted by atomic mass is 9.99. The van der Waals surface area contributed by atoms with E-state index in [1.807, 2.05) is 36.4 Å². The van der Waals surface area contributed by atoms with Crippen LogP contribution in [-0.4, -0.2) is 26.5 Å². The summed E-state index contributed by atoms with van der Waals surface area (Å²) < 4.78 is 23.2. The molecule has 0 spiro atoms. The molecule has 0 atom stereocenters. The van der Waals surface area contributed by atoms with E-state index in [-0.39, 0.29) is 17.5 Å². The number of hydrogen-bond donors (Lipinski definition) is 1. The monoisotopic (exact) mass is 303 g/mol. The van der Waals surface area contributed by atoms with Gasteiger partial charge in [-0.1, -0.05) is 67.6 Å². The van der Waals surface area contributed by atoms with Crippen LogP contribution in [0.3, 0.4) is 0 Å². The topological polar surface area (TPSA) is 46.2 Å². The average molecular weight is 303 g/mol. The van der Waals surface area contributed by atoms with Gasteiger partial charge in [-0.25, -0.2) is 8.42 Å². The molecule has 1 N–H and O–H groups in total. The third-order valence-corrected chi connectivity index (χ3v) is 5.17. The maximum absolute atomic E-state index is 11.6. The van der Waals surface area contributed by atoms with Crippen LogP contribution >= 0.6 is 0 Å². The Bertz CT molecular complexity index is 600. The molecular weight excluding hydrogens is 282 g/mol. The molecule has 112 valence electrons. The quantitative estimate of drug-likeness (QED) is 0.855. The van der Waals surface area contributed by atoms with Gasteiger partial charge in [-0.3, -0.25) is 0 Å². The Morgan fingerprint density at radius 1 is 0.905 bits per heavy atom. The zero-order valence-corrected chi connectivity index (χ0v) is 13.0. The molecule has 0 aliphatic heterocycles. The van der Waals surface area contributed by atoms with Gasteiger partial charge in [0.2, 0.25) is 0 Å². The first-order valence-electron chi connectivity index (χ1n) is 7.16. The van der Waals surface area contributed by atoms with Crippen molar-refractivity contribution in [2.75, 3.05) is 18.1 Å². The van der Waals surface area contributed by atoms with Crippen molar-refractivity contribution in [3.8, 4) is 0 Å². The van der Waals surface area contributed by atoms with Crippen LogP contribution in [0.25, 0.3) is 0 Å². The van der Waals surface area contributed by atoms with E-state index in [0.717, 1.165) is 11.1 Å². The van der Waals surface area contributed by atoms with Gasteiger partial charge in [0.05, 0.1) is 11.8 Å². The highest BCUT2D eigenvalue weighted by atomic mass is 32.2. The third-order valence-electron chi connectivity index (χ3n) is 3.47. The zero-order chi connectivity index (χ0) is 15.1. The molecule has 0 saturated heterocycles. The molecule has 0 amide bonds. The summed E-state index contributed by atoms with van der Waals surface area (Å²) in [5.41, 5.74) is 2.27. The third kappa shape index (κ3) is 4.69. The first-order valence-corrected chi connectivity index (χ1v) is 8.98. The lowest BCUT2D eigenvalue weighted by Gasteiger charge is -2.19. The molecule has 0 bridgehead atoms. The maximum atomic E-state index is 11.6. The van der Waals surface area contributed by atoms with Crippen LogP contribution in [0, 0.1) is 0 Å². The van der Waals surface area contributed by atoms with E-state index in [4.69, 9.17) is 0 Å². The SMILES string of the molecule is CCS(=O)(=O)CCNC(c1ccccc1)c1ccccc1. The van der Waals surface area contributed by atoms with Crippen LogP contribution in [0.15, 0.2) is 60.7 Å². The van der Waals surface area contributed by atoms with E-state index in [1.165, 1.54) is 0 Å². The van der Waals surface area contributed by atoms with E-state index < -0.39 is 9.84 Å². The predicted molar refractivity (Wildman–Crippen MR) is 87.1 cm³/mol. The first kappa shape index (κ1) is 15.7. The highest BCUT2D eigenvalue weighted by Gasteiger charge is 2.14. The van der Waals surface area contributed by atoms with Crippen molar-refractivity contribution in [2.45, 2.75) is 13.0 Å². The van der Waals surface area contributed by atoms with Gasteiger partial charge >= 0.3 is 0 Å². The molecule has 21 heavy (non-hydrogen) atoms. The van der Waals surface area contributed by atoms with E-state index in [0.29, 0.717) is 6.54 Å². The van der Waals surface area contributed by atoms with Gasteiger partial charge in [0.25, 0.3) is 0 Å². The second kappa shape index (κ2) is 7.38. The number of rotatable bonds is 7. The van der Waals surface area contributed by atoms with Crippen LogP contribution in [0.1, 0.15) is 24.1 Å². The molecule has 2 aromatic carbocycles. The summed E-state index contributed by atoms with van der Waals surface area (Å²) in [5.74, 6) is 0.357. The van der Waals surface area contributed by atoms with E-state index in [9.17, 15) is 8.42 Å². The minimum atomic E-state index is -2.94. The first-order chi connectivity index (χ1) is 10.1. The van der Waals surface area contributed by atoms with E-state index >= 15 is 0 Å². The van der Waals surface area contributed by atoms with Gasteiger partial charge < -0.3 is 5.32 Å². The molecule has 0 saturated carbocycles. The van der Waals surface area contributed by atoms with Crippen molar-refractivity contribution in [2.24, 2.45) is 0 Å². The molecule has 3 nitrogen and oxygen atoms in total. The standard InChI is InChI=1S/C17H21NO2S/c1-2-21(19,20)14-13-18-17(15-9-5-3-6-10-15)16-11-7-4-8-12-16/h3-12,17-18H,2,13-14H2,1H3. The van der Waals surface area contributed by atoms with Crippen molar-refractivity contribution in [3.63, 3.8) is 0 Å².